The molecule has 164 valence electrons. The Labute approximate surface area is 174 Å². The van der Waals surface area contributed by atoms with Crippen LogP contribution in [0.1, 0.15) is 50.5 Å². The minimum absolute atomic E-state index is 0.0819. The molecule has 9 heteroatoms. The molecule has 1 aromatic heterocycles. The third-order valence-corrected chi connectivity index (χ3v) is 8.48. The topological polar surface area (TPSA) is 95.8 Å². The third kappa shape index (κ3) is 5.19. The summed E-state index contributed by atoms with van der Waals surface area (Å²) in [5, 5.41) is 6.83. The molecule has 0 aliphatic carbocycles. The second kappa shape index (κ2) is 9.57. The molecule has 0 spiro atoms. The summed E-state index contributed by atoms with van der Waals surface area (Å²) in [5.74, 6) is 0.500. The number of aromatic nitrogens is 1. The van der Waals surface area contributed by atoms with Gasteiger partial charge in [-0.25, -0.2) is 8.42 Å². The zero-order chi connectivity index (χ0) is 21.0. The van der Waals surface area contributed by atoms with Crippen LogP contribution in [0.2, 0.25) is 0 Å². The van der Waals surface area contributed by atoms with Crippen LogP contribution >= 0.6 is 0 Å². The lowest BCUT2D eigenvalue weighted by Gasteiger charge is -2.33. The van der Waals surface area contributed by atoms with Crippen molar-refractivity contribution >= 4 is 15.9 Å². The van der Waals surface area contributed by atoms with E-state index in [0.717, 1.165) is 13.0 Å². The molecule has 2 aliphatic rings. The van der Waals surface area contributed by atoms with Gasteiger partial charge in [0.25, 0.3) is 0 Å². The number of hydrogen-bond donors (Lipinski definition) is 1. The molecular formula is C20H34N4O4S. The maximum atomic E-state index is 12.9. The molecule has 2 saturated heterocycles. The van der Waals surface area contributed by atoms with E-state index in [4.69, 9.17) is 4.52 Å². The number of carbonyl (C=O) groups excluding carboxylic acids is 1. The van der Waals surface area contributed by atoms with E-state index in [9.17, 15) is 13.2 Å². The highest BCUT2D eigenvalue weighted by Gasteiger charge is 2.36. The summed E-state index contributed by atoms with van der Waals surface area (Å²) >= 11 is 0. The fourth-order valence-corrected chi connectivity index (χ4v) is 6.24. The van der Waals surface area contributed by atoms with Crippen LogP contribution in [0.5, 0.6) is 0 Å². The summed E-state index contributed by atoms with van der Waals surface area (Å²) in [5.41, 5.74) is 0.395. The number of nitrogens with zero attached hydrogens (tertiary/aromatic N) is 3. The summed E-state index contributed by atoms with van der Waals surface area (Å²) in [6.07, 6.45) is 4.92. The van der Waals surface area contributed by atoms with Gasteiger partial charge in [0.15, 0.2) is 5.76 Å². The standard InChI is InChI=1S/C20H34N4O4S/c1-15(20(25)21-9-6-12-23-10-4-5-11-23)18-7-13-24(14-8-18)29(26,27)19-16(2)22-28-17(19)3/h15,18H,4-14H2,1-3H3,(H,21,25). The number of amides is 1. The number of likely N-dealkylation sites (tertiary alicyclic amines) is 1. The van der Waals surface area contributed by atoms with E-state index in [1.165, 1.54) is 30.2 Å². The van der Waals surface area contributed by atoms with Gasteiger partial charge >= 0.3 is 0 Å². The van der Waals surface area contributed by atoms with E-state index in [1.807, 2.05) is 6.92 Å². The van der Waals surface area contributed by atoms with Crippen LogP contribution in [0.4, 0.5) is 0 Å². The number of nitrogens with one attached hydrogen (secondary N) is 1. The first kappa shape index (κ1) is 22.2. The number of carbonyl (C=O) groups is 1. The molecule has 8 nitrogen and oxygen atoms in total. The molecule has 1 atom stereocenters. The minimum atomic E-state index is -3.60. The van der Waals surface area contributed by atoms with Gasteiger partial charge in [0.1, 0.15) is 10.6 Å². The Morgan fingerprint density at radius 3 is 2.45 bits per heavy atom. The normalized spacial score (nSPS) is 20.8. The zero-order valence-corrected chi connectivity index (χ0v) is 18.6. The molecule has 0 radical (unpaired) electrons. The van der Waals surface area contributed by atoms with Crippen LogP contribution in [0.15, 0.2) is 9.42 Å². The van der Waals surface area contributed by atoms with Crippen LogP contribution in [-0.4, -0.2) is 68.0 Å². The van der Waals surface area contributed by atoms with Gasteiger partial charge in [-0.1, -0.05) is 12.1 Å². The summed E-state index contributed by atoms with van der Waals surface area (Å²) < 4.78 is 32.4. The Morgan fingerprint density at radius 2 is 1.86 bits per heavy atom. The van der Waals surface area contributed by atoms with E-state index in [2.05, 4.69) is 15.4 Å². The maximum absolute atomic E-state index is 12.9. The van der Waals surface area contributed by atoms with Crippen molar-refractivity contribution in [3.8, 4) is 0 Å². The van der Waals surface area contributed by atoms with Gasteiger partial charge in [-0.3, -0.25) is 4.79 Å². The molecule has 29 heavy (non-hydrogen) atoms. The molecule has 0 aromatic carbocycles. The Balaban J connectivity index is 1.45. The SMILES string of the molecule is Cc1noc(C)c1S(=O)(=O)N1CCC(C(C)C(=O)NCCCN2CCCC2)CC1. The highest BCUT2D eigenvalue weighted by Crippen LogP contribution is 2.30. The first-order valence-electron chi connectivity index (χ1n) is 10.7. The van der Waals surface area contributed by atoms with Crippen LogP contribution in [0.25, 0.3) is 0 Å². The lowest BCUT2D eigenvalue weighted by atomic mass is 9.85. The van der Waals surface area contributed by atoms with Crippen molar-refractivity contribution in [2.24, 2.45) is 11.8 Å². The minimum Gasteiger partial charge on any atom is -0.360 e. The Morgan fingerprint density at radius 1 is 1.21 bits per heavy atom. The number of piperidine rings is 1. The number of aryl methyl sites for hydroxylation is 2. The van der Waals surface area contributed by atoms with Gasteiger partial charge in [-0.2, -0.15) is 4.31 Å². The second-order valence-corrected chi connectivity index (χ2v) is 10.3. The van der Waals surface area contributed by atoms with E-state index in [0.29, 0.717) is 43.9 Å². The maximum Gasteiger partial charge on any atom is 0.248 e. The number of rotatable bonds is 8. The first-order valence-corrected chi connectivity index (χ1v) is 12.2. The molecule has 1 N–H and O–H groups in total. The lowest BCUT2D eigenvalue weighted by molar-refractivity contribution is -0.126. The molecule has 1 unspecified atom stereocenters. The summed E-state index contributed by atoms with van der Waals surface area (Å²) in [4.78, 5) is 15.1. The van der Waals surface area contributed by atoms with Crippen molar-refractivity contribution in [3.63, 3.8) is 0 Å². The molecular weight excluding hydrogens is 392 g/mol. The average molecular weight is 427 g/mol. The van der Waals surface area contributed by atoms with Crippen molar-refractivity contribution in [1.82, 2.24) is 19.7 Å². The average Bonchev–Trinajstić information content (AvgIpc) is 3.34. The van der Waals surface area contributed by atoms with Gasteiger partial charge in [-0.05, 0) is 71.5 Å². The largest absolute Gasteiger partial charge is 0.360 e. The smallest absolute Gasteiger partial charge is 0.248 e. The molecule has 1 aromatic rings. The van der Waals surface area contributed by atoms with E-state index in [-0.39, 0.29) is 22.6 Å². The highest BCUT2D eigenvalue weighted by molar-refractivity contribution is 7.89. The molecule has 3 heterocycles. The fourth-order valence-electron chi connectivity index (χ4n) is 4.48. The van der Waals surface area contributed by atoms with Gasteiger partial charge in [-0.15, -0.1) is 0 Å². The lowest BCUT2D eigenvalue weighted by Crippen LogP contribution is -2.43. The predicted molar refractivity (Wildman–Crippen MR) is 110 cm³/mol. The molecule has 1 amide bonds. The summed E-state index contributed by atoms with van der Waals surface area (Å²) in [7, 11) is -3.60. The highest BCUT2D eigenvalue weighted by atomic mass is 32.2. The van der Waals surface area contributed by atoms with Crippen molar-refractivity contribution in [2.45, 2.75) is 57.8 Å². The van der Waals surface area contributed by atoms with Crippen molar-refractivity contribution in [1.29, 1.82) is 0 Å². The summed E-state index contributed by atoms with van der Waals surface area (Å²) in [6, 6.07) is 0. The Bertz CT molecular complexity index is 774. The zero-order valence-electron chi connectivity index (χ0n) is 17.8. The number of hydrogen-bond acceptors (Lipinski definition) is 6. The Hall–Kier alpha value is -1.45. The van der Waals surface area contributed by atoms with Gasteiger partial charge in [0.2, 0.25) is 15.9 Å². The van der Waals surface area contributed by atoms with Crippen LogP contribution in [-0.2, 0) is 14.8 Å². The molecule has 2 aliphatic heterocycles. The van der Waals surface area contributed by atoms with Crippen molar-refractivity contribution < 1.29 is 17.7 Å². The van der Waals surface area contributed by atoms with E-state index in [1.54, 1.807) is 13.8 Å². The molecule has 0 bridgehead atoms. The predicted octanol–water partition coefficient (Wildman–Crippen LogP) is 1.93. The third-order valence-electron chi connectivity index (χ3n) is 6.33. The molecule has 2 fully saturated rings. The van der Waals surface area contributed by atoms with Crippen molar-refractivity contribution in [2.75, 3.05) is 39.3 Å². The molecule has 3 rings (SSSR count). The Kier molecular flexibility index (Phi) is 7.34. The van der Waals surface area contributed by atoms with Gasteiger partial charge < -0.3 is 14.7 Å². The monoisotopic (exact) mass is 426 g/mol. The fraction of sp³-hybridized carbons (Fsp3) is 0.800. The molecule has 0 saturated carbocycles. The van der Waals surface area contributed by atoms with Crippen LogP contribution in [0.3, 0.4) is 0 Å². The van der Waals surface area contributed by atoms with Crippen molar-refractivity contribution in [3.05, 3.63) is 11.5 Å². The van der Waals surface area contributed by atoms with Gasteiger partial charge in [0.05, 0.1) is 0 Å². The van der Waals surface area contributed by atoms with Crippen LogP contribution in [0, 0.1) is 25.7 Å². The summed E-state index contributed by atoms with van der Waals surface area (Å²) in [6.45, 7) is 10.2. The van der Waals surface area contributed by atoms with E-state index >= 15 is 0 Å². The second-order valence-electron chi connectivity index (χ2n) is 8.38. The number of sulfonamides is 1. The van der Waals surface area contributed by atoms with Crippen LogP contribution < -0.4 is 5.32 Å². The first-order chi connectivity index (χ1) is 13.8. The quantitative estimate of drug-likeness (QED) is 0.638. The van der Waals surface area contributed by atoms with E-state index < -0.39 is 10.0 Å². The van der Waals surface area contributed by atoms with Gasteiger partial charge in [0, 0.05) is 25.6 Å².